The Morgan fingerprint density at radius 3 is 2.12 bits per heavy atom. The molecule has 0 saturated carbocycles. The van der Waals surface area contributed by atoms with Gasteiger partial charge in [0.05, 0.1) is 5.56 Å². The van der Waals surface area contributed by atoms with Gasteiger partial charge in [-0.1, -0.05) is 25.5 Å². The smallest absolute Gasteiger partial charge is 0.330 e. The minimum atomic E-state index is -4.26. The van der Waals surface area contributed by atoms with Crippen molar-refractivity contribution >= 4 is 0 Å². The molecule has 4 heteroatoms. The third-order valence-corrected chi connectivity index (χ3v) is 2.63. The first-order valence-corrected chi connectivity index (χ1v) is 5.36. The Morgan fingerprint density at radius 2 is 1.75 bits per heavy atom. The normalized spacial score (nSPS) is 13.8. The zero-order chi connectivity index (χ0) is 12.2. The van der Waals surface area contributed by atoms with Crippen LogP contribution in [0.3, 0.4) is 0 Å². The standard InChI is InChI=1S/C12H16F3N/c1-2-3-10(8-16)9-4-6-11(7-5-9)12(13,14)15/h4-7,10H,2-3,8,16H2,1H3. The van der Waals surface area contributed by atoms with Gasteiger partial charge in [-0.05, 0) is 36.6 Å². The van der Waals surface area contributed by atoms with Crippen molar-refractivity contribution in [2.45, 2.75) is 31.9 Å². The lowest BCUT2D eigenvalue weighted by atomic mass is 9.94. The summed E-state index contributed by atoms with van der Waals surface area (Å²) in [4.78, 5) is 0. The maximum absolute atomic E-state index is 12.3. The number of hydrogen-bond donors (Lipinski definition) is 1. The van der Waals surface area contributed by atoms with Gasteiger partial charge in [0.1, 0.15) is 0 Å². The molecule has 1 aromatic carbocycles. The van der Waals surface area contributed by atoms with Gasteiger partial charge in [0.15, 0.2) is 0 Å². The summed E-state index contributed by atoms with van der Waals surface area (Å²) in [5.41, 5.74) is 5.87. The van der Waals surface area contributed by atoms with E-state index in [9.17, 15) is 13.2 Å². The van der Waals surface area contributed by atoms with E-state index in [0.29, 0.717) is 6.54 Å². The molecule has 1 rings (SSSR count). The van der Waals surface area contributed by atoms with Gasteiger partial charge >= 0.3 is 6.18 Å². The maximum Gasteiger partial charge on any atom is 0.416 e. The zero-order valence-electron chi connectivity index (χ0n) is 9.22. The topological polar surface area (TPSA) is 26.0 Å². The van der Waals surface area contributed by atoms with E-state index in [4.69, 9.17) is 5.73 Å². The van der Waals surface area contributed by atoms with E-state index < -0.39 is 11.7 Å². The van der Waals surface area contributed by atoms with Gasteiger partial charge < -0.3 is 5.73 Å². The minimum absolute atomic E-state index is 0.160. The number of alkyl halides is 3. The van der Waals surface area contributed by atoms with E-state index >= 15 is 0 Å². The zero-order valence-corrected chi connectivity index (χ0v) is 9.22. The highest BCUT2D eigenvalue weighted by molar-refractivity contribution is 5.27. The number of hydrogen-bond acceptors (Lipinski definition) is 1. The molecule has 0 aromatic heterocycles. The number of nitrogens with two attached hydrogens (primary N) is 1. The van der Waals surface area contributed by atoms with Gasteiger partial charge in [-0.3, -0.25) is 0 Å². The molecule has 1 nitrogen and oxygen atoms in total. The molecule has 0 aliphatic carbocycles. The van der Waals surface area contributed by atoms with Crippen LogP contribution in [0, 0.1) is 0 Å². The predicted molar refractivity (Wildman–Crippen MR) is 58.1 cm³/mol. The molecule has 0 saturated heterocycles. The lowest BCUT2D eigenvalue weighted by Crippen LogP contribution is -2.13. The van der Waals surface area contributed by atoms with Crippen LogP contribution >= 0.6 is 0 Å². The van der Waals surface area contributed by atoms with E-state index in [2.05, 4.69) is 0 Å². The number of halogens is 3. The summed E-state index contributed by atoms with van der Waals surface area (Å²) in [5.74, 6) is 0.160. The number of rotatable bonds is 4. The molecule has 0 spiro atoms. The summed E-state index contributed by atoms with van der Waals surface area (Å²) in [6, 6.07) is 5.29. The average Bonchev–Trinajstić information content (AvgIpc) is 2.25. The largest absolute Gasteiger partial charge is 0.416 e. The van der Waals surface area contributed by atoms with Crippen LogP contribution in [0.25, 0.3) is 0 Å². The molecule has 0 aliphatic heterocycles. The van der Waals surface area contributed by atoms with Crippen molar-refractivity contribution in [2.75, 3.05) is 6.54 Å². The Morgan fingerprint density at radius 1 is 1.19 bits per heavy atom. The number of benzene rings is 1. The molecule has 1 aromatic rings. The van der Waals surface area contributed by atoms with Crippen LogP contribution in [0.15, 0.2) is 24.3 Å². The first-order chi connectivity index (χ1) is 7.49. The van der Waals surface area contributed by atoms with Gasteiger partial charge in [0.25, 0.3) is 0 Å². The van der Waals surface area contributed by atoms with Crippen molar-refractivity contribution in [1.82, 2.24) is 0 Å². The fraction of sp³-hybridized carbons (Fsp3) is 0.500. The molecule has 1 unspecified atom stereocenters. The molecular formula is C12H16F3N. The van der Waals surface area contributed by atoms with E-state index in [1.807, 2.05) is 6.92 Å². The molecule has 0 fully saturated rings. The molecular weight excluding hydrogens is 215 g/mol. The quantitative estimate of drug-likeness (QED) is 0.842. The second-order valence-electron chi connectivity index (χ2n) is 3.84. The third kappa shape index (κ3) is 3.23. The highest BCUT2D eigenvalue weighted by atomic mass is 19.4. The van der Waals surface area contributed by atoms with Gasteiger partial charge in [-0.2, -0.15) is 13.2 Å². The predicted octanol–water partition coefficient (Wildman–Crippen LogP) is 3.55. The first kappa shape index (κ1) is 13.0. The van der Waals surface area contributed by atoms with Crippen LogP contribution in [0.1, 0.15) is 36.8 Å². The van der Waals surface area contributed by atoms with Crippen LogP contribution in [0.5, 0.6) is 0 Å². The molecule has 16 heavy (non-hydrogen) atoms. The van der Waals surface area contributed by atoms with Crippen molar-refractivity contribution in [3.8, 4) is 0 Å². The van der Waals surface area contributed by atoms with Gasteiger partial charge in [0, 0.05) is 0 Å². The van der Waals surface area contributed by atoms with Crippen molar-refractivity contribution in [3.63, 3.8) is 0 Å². The van der Waals surface area contributed by atoms with Crippen molar-refractivity contribution in [2.24, 2.45) is 5.73 Å². The second kappa shape index (κ2) is 5.34. The highest BCUT2D eigenvalue weighted by Gasteiger charge is 2.30. The van der Waals surface area contributed by atoms with Crippen LogP contribution in [0.2, 0.25) is 0 Å². The van der Waals surface area contributed by atoms with Crippen molar-refractivity contribution < 1.29 is 13.2 Å². The summed E-state index contributed by atoms with van der Waals surface area (Å²) in [7, 11) is 0. The van der Waals surface area contributed by atoms with Crippen LogP contribution in [0.4, 0.5) is 13.2 Å². The van der Waals surface area contributed by atoms with Gasteiger partial charge in [-0.25, -0.2) is 0 Å². The van der Waals surface area contributed by atoms with E-state index in [1.165, 1.54) is 12.1 Å². The lowest BCUT2D eigenvalue weighted by Gasteiger charge is -2.15. The maximum atomic E-state index is 12.3. The van der Waals surface area contributed by atoms with E-state index in [1.54, 1.807) is 0 Å². The summed E-state index contributed by atoms with van der Waals surface area (Å²) in [5, 5.41) is 0. The van der Waals surface area contributed by atoms with E-state index in [0.717, 1.165) is 30.5 Å². The Bertz CT molecular complexity index is 316. The molecule has 0 radical (unpaired) electrons. The van der Waals surface area contributed by atoms with Crippen molar-refractivity contribution in [3.05, 3.63) is 35.4 Å². The molecule has 1 atom stereocenters. The Balaban J connectivity index is 2.85. The Hall–Kier alpha value is -1.03. The summed E-state index contributed by atoms with van der Waals surface area (Å²) < 4.78 is 37.0. The minimum Gasteiger partial charge on any atom is -0.330 e. The molecule has 2 N–H and O–H groups in total. The summed E-state index contributed by atoms with van der Waals surface area (Å²) in [6.07, 6.45) is -2.38. The Kier molecular flexibility index (Phi) is 4.35. The van der Waals surface area contributed by atoms with Gasteiger partial charge in [-0.15, -0.1) is 0 Å². The monoisotopic (exact) mass is 231 g/mol. The SMILES string of the molecule is CCCC(CN)c1ccc(C(F)(F)F)cc1. The lowest BCUT2D eigenvalue weighted by molar-refractivity contribution is -0.137. The van der Waals surface area contributed by atoms with Crippen LogP contribution in [-0.2, 0) is 6.18 Å². The summed E-state index contributed by atoms with van der Waals surface area (Å²) in [6.45, 7) is 2.51. The highest BCUT2D eigenvalue weighted by Crippen LogP contribution is 2.30. The average molecular weight is 231 g/mol. The molecule has 0 heterocycles. The van der Waals surface area contributed by atoms with Gasteiger partial charge in [0.2, 0.25) is 0 Å². The fourth-order valence-corrected chi connectivity index (χ4v) is 1.71. The van der Waals surface area contributed by atoms with Crippen LogP contribution < -0.4 is 5.73 Å². The molecule has 0 amide bonds. The molecule has 90 valence electrons. The fourth-order valence-electron chi connectivity index (χ4n) is 1.71. The second-order valence-corrected chi connectivity index (χ2v) is 3.84. The molecule has 0 bridgehead atoms. The first-order valence-electron chi connectivity index (χ1n) is 5.36. The van der Waals surface area contributed by atoms with Crippen molar-refractivity contribution in [1.29, 1.82) is 0 Å². The van der Waals surface area contributed by atoms with E-state index in [-0.39, 0.29) is 5.92 Å². The summed E-state index contributed by atoms with van der Waals surface area (Å²) >= 11 is 0. The van der Waals surface area contributed by atoms with Crippen LogP contribution in [-0.4, -0.2) is 6.54 Å². The Labute approximate surface area is 93.5 Å². The third-order valence-electron chi connectivity index (χ3n) is 2.63. The molecule has 0 aliphatic rings.